The van der Waals surface area contributed by atoms with E-state index < -0.39 is 5.60 Å². The summed E-state index contributed by atoms with van der Waals surface area (Å²) in [4.78, 5) is 13.1. The number of para-hydroxylation sites is 1. The Labute approximate surface area is 195 Å². The number of carbonyl (C=O) groups is 1. The van der Waals surface area contributed by atoms with Crippen LogP contribution in [0.1, 0.15) is 72.9 Å². The Morgan fingerprint density at radius 3 is 2.55 bits per heavy atom. The normalized spacial score (nSPS) is 17.0. The first kappa shape index (κ1) is 22.8. The van der Waals surface area contributed by atoms with Gasteiger partial charge in [-0.25, -0.2) is 4.68 Å². The number of aliphatic hydroxyl groups is 1. The fraction of sp³-hybridized carbons (Fsp3) is 0.357. The molecule has 5 nitrogen and oxygen atoms in total. The van der Waals surface area contributed by atoms with Crippen molar-refractivity contribution in [3.63, 3.8) is 0 Å². The molecule has 2 N–H and O–H groups in total. The molecule has 2 aromatic carbocycles. The number of hydrogen-bond acceptors (Lipinski definition) is 3. The highest BCUT2D eigenvalue weighted by atomic mass is 16.3. The van der Waals surface area contributed by atoms with E-state index in [4.69, 9.17) is 5.10 Å². The number of amides is 1. The third-order valence-corrected chi connectivity index (χ3v) is 5.99. The van der Waals surface area contributed by atoms with E-state index in [-0.39, 0.29) is 17.4 Å². The summed E-state index contributed by atoms with van der Waals surface area (Å²) in [6.45, 7) is 9.85. The average Bonchev–Trinajstić information content (AvgIpc) is 3.15. The van der Waals surface area contributed by atoms with Crippen LogP contribution in [0.2, 0.25) is 0 Å². The zero-order chi connectivity index (χ0) is 23.8. The number of nitrogens with one attached hydrogen (secondary N) is 1. The molecule has 1 amide bonds. The van der Waals surface area contributed by atoms with Crippen molar-refractivity contribution in [2.24, 2.45) is 5.41 Å². The maximum Gasteiger partial charge on any atom is 0.251 e. The monoisotopic (exact) mass is 441 g/mol. The quantitative estimate of drug-likeness (QED) is 0.577. The molecular weight excluding hydrogens is 410 g/mol. The summed E-state index contributed by atoms with van der Waals surface area (Å²) in [5, 5.41) is 17.7. The SMILES string of the molecule is Cc1ccccc1-n1ncc2c1CC(C)(C)C[C@H]2NC(=O)c1ccc(C#CC(C)(C)O)cc1. The zero-order valence-electron chi connectivity index (χ0n) is 19.9. The largest absolute Gasteiger partial charge is 0.378 e. The van der Waals surface area contributed by atoms with E-state index in [9.17, 15) is 9.90 Å². The van der Waals surface area contributed by atoms with Crippen LogP contribution >= 0.6 is 0 Å². The molecule has 1 aliphatic rings. The summed E-state index contributed by atoms with van der Waals surface area (Å²) in [7, 11) is 0. The van der Waals surface area contributed by atoms with Crippen molar-refractivity contribution in [1.29, 1.82) is 0 Å². The van der Waals surface area contributed by atoms with E-state index in [0.29, 0.717) is 5.56 Å². The molecule has 0 saturated carbocycles. The van der Waals surface area contributed by atoms with Gasteiger partial charge in [0.2, 0.25) is 0 Å². The van der Waals surface area contributed by atoms with Gasteiger partial charge in [0.25, 0.3) is 5.91 Å². The molecule has 170 valence electrons. The van der Waals surface area contributed by atoms with Gasteiger partial charge in [0.1, 0.15) is 5.60 Å². The van der Waals surface area contributed by atoms with E-state index in [0.717, 1.165) is 35.3 Å². The Morgan fingerprint density at radius 1 is 1.18 bits per heavy atom. The van der Waals surface area contributed by atoms with Gasteiger partial charge in [0, 0.05) is 16.7 Å². The molecule has 0 fully saturated rings. The Morgan fingerprint density at radius 2 is 1.88 bits per heavy atom. The maximum absolute atomic E-state index is 13.1. The smallest absolute Gasteiger partial charge is 0.251 e. The van der Waals surface area contributed by atoms with Crippen molar-refractivity contribution in [3.05, 3.63) is 82.7 Å². The molecule has 1 heterocycles. The van der Waals surface area contributed by atoms with Gasteiger partial charge < -0.3 is 10.4 Å². The number of aryl methyl sites for hydroxylation is 1. The van der Waals surface area contributed by atoms with Crippen molar-refractivity contribution in [1.82, 2.24) is 15.1 Å². The third kappa shape index (κ3) is 5.18. The van der Waals surface area contributed by atoms with Crippen molar-refractivity contribution < 1.29 is 9.90 Å². The lowest BCUT2D eigenvalue weighted by atomic mass is 9.74. The van der Waals surface area contributed by atoms with Gasteiger partial charge in [0.05, 0.1) is 23.6 Å². The molecule has 1 aromatic heterocycles. The first-order valence-electron chi connectivity index (χ1n) is 11.3. The lowest BCUT2D eigenvalue weighted by Crippen LogP contribution is -2.36. The van der Waals surface area contributed by atoms with Crippen LogP contribution in [-0.4, -0.2) is 26.4 Å². The van der Waals surface area contributed by atoms with Crippen LogP contribution < -0.4 is 5.32 Å². The number of nitrogens with zero attached hydrogens (tertiary/aromatic N) is 2. The Hall–Kier alpha value is -3.36. The minimum absolute atomic E-state index is 0.0297. The van der Waals surface area contributed by atoms with Crippen LogP contribution in [0.5, 0.6) is 0 Å². The second kappa shape index (κ2) is 8.53. The topological polar surface area (TPSA) is 67.2 Å². The fourth-order valence-electron chi connectivity index (χ4n) is 4.35. The molecule has 33 heavy (non-hydrogen) atoms. The highest BCUT2D eigenvalue weighted by molar-refractivity contribution is 5.94. The number of benzene rings is 2. The fourth-order valence-corrected chi connectivity index (χ4v) is 4.35. The number of carbonyl (C=O) groups excluding carboxylic acids is 1. The Balaban J connectivity index is 1.59. The Kier molecular flexibility index (Phi) is 5.90. The molecule has 1 atom stereocenters. The lowest BCUT2D eigenvalue weighted by Gasteiger charge is -2.36. The average molecular weight is 442 g/mol. The summed E-state index contributed by atoms with van der Waals surface area (Å²) in [6, 6.07) is 15.3. The maximum atomic E-state index is 13.1. The van der Waals surface area contributed by atoms with E-state index >= 15 is 0 Å². The van der Waals surface area contributed by atoms with Crippen molar-refractivity contribution in [2.75, 3.05) is 0 Å². The first-order chi connectivity index (χ1) is 15.5. The van der Waals surface area contributed by atoms with Crippen LogP contribution in [0.3, 0.4) is 0 Å². The van der Waals surface area contributed by atoms with Crippen LogP contribution in [0.25, 0.3) is 5.69 Å². The van der Waals surface area contributed by atoms with Gasteiger partial charge in [0.15, 0.2) is 0 Å². The number of rotatable bonds is 3. The lowest BCUT2D eigenvalue weighted by molar-refractivity contribution is 0.0919. The highest BCUT2D eigenvalue weighted by Crippen LogP contribution is 2.41. The van der Waals surface area contributed by atoms with Crippen LogP contribution in [0, 0.1) is 24.2 Å². The Bertz CT molecular complexity index is 1230. The molecule has 0 spiro atoms. The number of fused-ring (bicyclic) bond motifs is 1. The van der Waals surface area contributed by atoms with Gasteiger partial charge in [-0.2, -0.15) is 5.10 Å². The van der Waals surface area contributed by atoms with Crippen LogP contribution in [0.4, 0.5) is 0 Å². The molecule has 5 heteroatoms. The highest BCUT2D eigenvalue weighted by Gasteiger charge is 2.36. The minimum atomic E-state index is -1.05. The standard InChI is InChI=1S/C28H31N3O2/c1-19-8-6-7-9-24(19)31-25-17-27(2,3)16-23(22(25)18-29-31)30-26(32)21-12-10-20(11-13-21)14-15-28(4,5)33/h6-13,18,23,33H,16-17H2,1-5H3,(H,30,32)/t23-/m1/s1. The molecule has 0 unspecified atom stereocenters. The minimum Gasteiger partial charge on any atom is -0.378 e. The van der Waals surface area contributed by atoms with Crippen molar-refractivity contribution in [3.8, 4) is 17.5 Å². The number of aromatic nitrogens is 2. The van der Waals surface area contributed by atoms with Gasteiger partial charge in [-0.3, -0.25) is 4.79 Å². The summed E-state index contributed by atoms with van der Waals surface area (Å²) in [5.41, 5.74) is 4.80. The number of hydrogen-bond donors (Lipinski definition) is 2. The van der Waals surface area contributed by atoms with Crippen LogP contribution in [0.15, 0.2) is 54.7 Å². The van der Waals surface area contributed by atoms with Crippen molar-refractivity contribution in [2.45, 2.75) is 59.1 Å². The van der Waals surface area contributed by atoms with Gasteiger partial charge in [-0.05, 0) is 74.9 Å². The summed E-state index contributed by atoms with van der Waals surface area (Å²) in [5.74, 6) is 5.61. The molecule has 0 aliphatic heterocycles. The molecule has 0 saturated heterocycles. The molecule has 1 aliphatic carbocycles. The van der Waals surface area contributed by atoms with Crippen LogP contribution in [-0.2, 0) is 6.42 Å². The van der Waals surface area contributed by atoms with Gasteiger partial charge in [-0.1, -0.05) is 43.9 Å². The van der Waals surface area contributed by atoms with E-state index in [1.165, 1.54) is 5.56 Å². The van der Waals surface area contributed by atoms with E-state index in [2.05, 4.69) is 50.1 Å². The van der Waals surface area contributed by atoms with E-state index in [1.807, 2.05) is 23.0 Å². The zero-order valence-corrected chi connectivity index (χ0v) is 19.9. The first-order valence-corrected chi connectivity index (χ1v) is 11.3. The summed E-state index contributed by atoms with van der Waals surface area (Å²) < 4.78 is 2.03. The predicted molar refractivity (Wildman–Crippen MR) is 130 cm³/mol. The van der Waals surface area contributed by atoms with E-state index in [1.54, 1.807) is 38.1 Å². The van der Waals surface area contributed by atoms with Crippen molar-refractivity contribution >= 4 is 5.91 Å². The second-order valence-electron chi connectivity index (χ2n) is 10.2. The molecular formula is C28H31N3O2. The second-order valence-corrected chi connectivity index (χ2v) is 10.2. The molecule has 0 bridgehead atoms. The third-order valence-electron chi connectivity index (χ3n) is 5.99. The van der Waals surface area contributed by atoms with Gasteiger partial charge in [-0.15, -0.1) is 0 Å². The predicted octanol–water partition coefficient (Wildman–Crippen LogP) is 4.75. The summed E-state index contributed by atoms with van der Waals surface area (Å²) in [6.07, 6.45) is 3.65. The summed E-state index contributed by atoms with van der Waals surface area (Å²) >= 11 is 0. The molecule has 3 aromatic rings. The molecule has 4 rings (SSSR count). The molecule has 0 radical (unpaired) electrons. The van der Waals surface area contributed by atoms with Gasteiger partial charge >= 0.3 is 0 Å².